The minimum absolute atomic E-state index is 0.0613. The van der Waals surface area contributed by atoms with Gasteiger partial charge in [0.05, 0.1) is 0 Å². The van der Waals surface area contributed by atoms with Crippen LogP contribution in [0.3, 0.4) is 0 Å². The molecule has 4 N–H and O–H groups in total. The van der Waals surface area contributed by atoms with Gasteiger partial charge >= 0.3 is 7.60 Å². The van der Waals surface area contributed by atoms with Crippen LogP contribution in [0.5, 0.6) is 0 Å². The highest BCUT2D eigenvalue weighted by Crippen LogP contribution is 2.35. The first-order valence-electron chi connectivity index (χ1n) is 5.46. The average Bonchev–Trinajstić information content (AvgIpc) is 2.27. The maximum Gasteiger partial charge on any atom is 0.325 e. The summed E-state index contributed by atoms with van der Waals surface area (Å²) in [5.41, 5.74) is 5.60. The molecule has 7 heteroatoms. The minimum atomic E-state index is -3.86. The molecule has 0 fully saturated rings. The van der Waals surface area contributed by atoms with Crippen molar-refractivity contribution in [1.29, 1.82) is 0 Å². The maximum atomic E-state index is 10.8. The first kappa shape index (κ1) is 15.2. The number of carbonyl (C=O) groups excluding carboxylic acids is 1. The van der Waals surface area contributed by atoms with Gasteiger partial charge in [-0.2, -0.15) is 0 Å². The van der Waals surface area contributed by atoms with Crippen LogP contribution in [0.25, 0.3) is 0 Å². The van der Waals surface area contributed by atoms with Crippen molar-refractivity contribution in [2.24, 2.45) is 5.73 Å². The van der Waals surface area contributed by atoms with Gasteiger partial charge in [-0.3, -0.25) is 9.36 Å². The van der Waals surface area contributed by atoms with Crippen LogP contribution >= 0.6 is 19.4 Å². The highest BCUT2D eigenvalue weighted by molar-refractivity contribution is 7.99. The SMILES string of the molecule is NC(=O)c1ccc(SCCCCP(=O)(O)O)cc1. The fourth-order valence-corrected chi connectivity index (χ4v) is 2.87. The van der Waals surface area contributed by atoms with Crippen molar-refractivity contribution in [1.82, 2.24) is 0 Å². The van der Waals surface area contributed by atoms with Gasteiger partial charge in [0.15, 0.2) is 0 Å². The van der Waals surface area contributed by atoms with Gasteiger partial charge in [0, 0.05) is 16.6 Å². The Balaban J connectivity index is 2.27. The summed E-state index contributed by atoms with van der Waals surface area (Å²) in [5, 5.41) is 0. The van der Waals surface area contributed by atoms with Crippen LogP contribution in [0.1, 0.15) is 23.2 Å². The Morgan fingerprint density at radius 1 is 1.22 bits per heavy atom. The molecule has 0 heterocycles. The molecular formula is C11H16NO4PS. The van der Waals surface area contributed by atoms with Crippen LogP contribution in [0.4, 0.5) is 0 Å². The van der Waals surface area contributed by atoms with Gasteiger partial charge in [-0.1, -0.05) is 0 Å². The lowest BCUT2D eigenvalue weighted by atomic mass is 10.2. The van der Waals surface area contributed by atoms with Crippen LogP contribution in [-0.4, -0.2) is 27.6 Å². The number of nitrogens with two attached hydrogens (primary N) is 1. The van der Waals surface area contributed by atoms with Crippen molar-refractivity contribution in [3.05, 3.63) is 29.8 Å². The molecule has 0 saturated carbocycles. The maximum absolute atomic E-state index is 10.8. The van der Waals surface area contributed by atoms with Gasteiger partial charge in [0.1, 0.15) is 0 Å². The van der Waals surface area contributed by atoms with Gasteiger partial charge < -0.3 is 15.5 Å². The Morgan fingerprint density at radius 2 is 1.83 bits per heavy atom. The summed E-state index contributed by atoms with van der Waals surface area (Å²) in [4.78, 5) is 29.2. The number of primary amides is 1. The first-order chi connectivity index (χ1) is 8.38. The Bertz CT molecular complexity index is 443. The Kier molecular flexibility index (Phi) is 5.88. The van der Waals surface area contributed by atoms with Gasteiger partial charge in [-0.05, 0) is 42.9 Å². The fraction of sp³-hybridized carbons (Fsp3) is 0.364. The number of rotatable bonds is 7. The van der Waals surface area contributed by atoms with E-state index < -0.39 is 13.5 Å². The molecule has 0 saturated heterocycles. The number of unbranched alkanes of at least 4 members (excludes halogenated alkanes) is 1. The molecule has 18 heavy (non-hydrogen) atoms. The number of amides is 1. The van der Waals surface area contributed by atoms with Crippen molar-refractivity contribution >= 4 is 25.3 Å². The third-order valence-electron chi connectivity index (χ3n) is 2.25. The molecule has 0 atom stereocenters. The van der Waals surface area contributed by atoms with Gasteiger partial charge in [0.2, 0.25) is 5.91 Å². The molecule has 0 spiro atoms. The molecule has 0 aromatic heterocycles. The van der Waals surface area contributed by atoms with Crippen molar-refractivity contribution in [3.63, 3.8) is 0 Å². The molecule has 0 bridgehead atoms. The highest BCUT2D eigenvalue weighted by atomic mass is 32.2. The molecule has 0 radical (unpaired) electrons. The zero-order valence-electron chi connectivity index (χ0n) is 9.78. The summed E-state index contributed by atoms with van der Waals surface area (Å²) in [7, 11) is -3.86. The molecule has 1 aromatic carbocycles. The normalized spacial score (nSPS) is 11.4. The van der Waals surface area contributed by atoms with E-state index in [4.69, 9.17) is 15.5 Å². The molecular weight excluding hydrogens is 273 g/mol. The molecule has 0 aliphatic carbocycles. The molecule has 0 unspecified atom stereocenters. The Morgan fingerprint density at radius 3 is 2.33 bits per heavy atom. The third-order valence-corrected chi connectivity index (χ3v) is 4.25. The Hall–Kier alpha value is -0.810. The lowest BCUT2D eigenvalue weighted by Crippen LogP contribution is -2.10. The summed E-state index contributed by atoms with van der Waals surface area (Å²) >= 11 is 1.59. The molecule has 100 valence electrons. The van der Waals surface area contributed by atoms with Crippen molar-refractivity contribution < 1.29 is 19.1 Å². The van der Waals surface area contributed by atoms with E-state index in [9.17, 15) is 9.36 Å². The molecule has 5 nitrogen and oxygen atoms in total. The predicted octanol–water partition coefficient (Wildman–Crippen LogP) is 1.84. The quantitative estimate of drug-likeness (QED) is 0.404. The molecule has 0 aliphatic rings. The summed E-state index contributed by atoms with van der Waals surface area (Å²) in [6.07, 6.45) is 1.19. The second kappa shape index (κ2) is 6.95. The van der Waals surface area contributed by atoms with Gasteiger partial charge in [-0.25, -0.2) is 0 Å². The predicted molar refractivity (Wildman–Crippen MR) is 71.8 cm³/mol. The van der Waals surface area contributed by atoms with Crippen LogP contribution in [0.2, 0.25) is 0 Å². The first-order valence-corrected chi connectivity index (χ1v) is 8.24. The van der Waals surface area contributed by atoms with Gasteiger partial charge in [0.25, 0.3) is 0 Å². The number of thioether (sulfide) groups is 1. The van der Waals surface area contributed by atoms with E-state index in [1.54, 1.807) is 23.9 Å². The number of hydrogen-bond donors (Lipinski definition) is 3. The standard InChI is InChI=1S/C11H16NO4PS/c12-11(13)9-3-5-10(6-4-9)18-8-2-1-7-17(14,15)16/h3-6H,1-2,7-8H2,(H2,12,13)(H2,14,15,16). The van der Waals surface area contributed by atoms with E-state index in [-0.39, 0.29) is 6.16 Å². The Labute approximate surface area is 110 Å². The van der Waals surface area contributed by atoms with Crippen LogP contribution in [0.15, 0.2) is 29.2 Å². The van der Waals surface area contributed by atoms with Crippen LogP contribution in [0, 0.1) is 0 Å². The zero-order valence-corrected chi connectivity index (χ0v) is 11.5. The van der Waals surface area contributed by atoms with Crippen molar-refractivity contribution in [2.75, 3.05) is 11.9 Å². The third kappa shape index (κ3) is 6.21. The van der Waals surface area contributed by atoms with E-state index in [0.29, 0.717) is 12.0 Å². The van der Waals surface area contributed by atoms with E-state index >= 15 is 0 Å². The van der Waals surface area contributed by atoms with E-state index in [1.165, 1.54) is 0 Å². The fourth-order valence-electron chi connectivity index (χ4n) is 1.33. The summed E-state index contributed by atoms with van der Waals surface area (Å²) in [6, 6.07) is 6.96. The number of carbonyl (C=O) groups is 1. The lowest BCUT2D eigenvalue weighted by molar-refractivity contribution is 0.1000. The summed E-state index contributed by atoms with van der Waals surface area (Å²) in [6.45, 7) is 0. The zero-order chi connectivity index (χ0) is 13.6. The smallest absolute Gasteiger partial charge is 0.325 e. The largest absolute Gasteiger partial charge is 0.366 e. The van der Waals surface area contributed by atoms with Crippen molar-refractivity contribution in [2.45, 2.75) is 17.7 Å². The second-order valence-corrected chi connectivity index (χ2v) is 6.78. The monoisotopic (exact) mass is 289 g/mol. The average molecular weight is 289 g/mol. The number of benzene rings is 1. The minimum Gasteiger partial charge on any atom is -0.366 e. The van der Waals surface area contributed by atoms with E-state index in [0.717, 1.165) is 17.1 Å². The van der Waals surface area contributed by atoms with Crippen molar-refractivity contribution in [3.8, 4) is 0 Å². The summed E-state index contributed by atoms with van der Waals surface area (Å²) < 4.78 is 10.6. The lowest BCUT2D eigenvalue weighted by Gasteiger charge is -2.04. The highest BCUT2D eigenvalue weighted by Gasteiger charge is 2.11. The summed E-state index contributed by atoms with van der Waals surface area (Å²) in [5.74, 6) is 0.337. The van der Waals surface area contributed by atoms with Gasteiger partial charge in [-0.15, -0.1) is 11.8 Å². The molecule has 1 aromatic rings. The molecule has 0 aliphatic heterocycles. The van der Waals surface area contributed by atoms with E-state index in [2.05, 4.69) is 0 Å². The van der Waals surface area contributed by atoms with Crippen LogP contribution in [-0.2, 0) is 4.57 Å². The second-order valence-electron chi connectivity index (χ2n) is 3.83. The van der Waals surface area contributed by atoms with E-state index in [1.807, 2.05) is 12.1 Å². The van der Waals surface area contributed by atoms with Crippen LogP contribution < -0.4 is 5.73 Å². The number of hydrogen-bond acceptors (Lipinski definition) is 3. The molecule has 1 amide bonds. The molecule has 1 rings (SSSR count). The topological polar surface area (TPSA) is 101 Å².